The Morgan fingerprint density at radius 1 is 1.30 bits per heavy atom. The number of aromatic nitrogens is 1. The van der Waals surface area contributed by atoms with Gasteiger partial charge in [-0.3, -0.25) is 14.7 Å². The van der Waals surface area contributed by atoms with Crippen molar-refractivity contribution in [2.75, 3.05) is 39.9 Å². The zero-order valence-electron chi connectivity index (χ0n) is 11.9. The Balaban J connectivity index is 1.69. The average molecular weight is 275 g/mol. The lowest BCUT2D eigenvalue weighted by Crippen LogP contribution is -2.45. The predicted octanol–water partition coefficient (Wildman–Crippen LogP) is 0.413. The van der Waals surface area contributed by atoms with Crippen LogP contribution in [0.25, 0.3) is 0 Å². The summed E-state index contributed by atoms with van der Waals surface area (Å²) in [5.74, 6) is 0.636. The fourth-order valence-corrected chi connectivity index (χ4v) is 3.04. The molecule has 3 heterocycles. The smallest absolute Gasteiger partial charge is 0.227 e. The van der Waals surface area contributed by atoms with Gasteiger partial charge in [0.05, 0.1) is 25.7 Å². The van der Waals surface area contributed by atoms with Gasteiger partial charge < -0.3 is 9.64 Å². The number of hydrogen-bond donors (Lipinski definition) is 0. The molecule has 0 saturated carbocycles. The summed E-state index contributed by atoms with van der Waals surface area (Å²) in [6.07, 6.45) is 3.94. The Hall–Kier alpha value is -1.46. The molecule has 2 atom stereocenters. The Bertz CT molecular complexity index is 465. The normalized spacial score (nSPS) is 27.1. The van der Waals surface area contributed by atoms with Crippen molar-refractivity contribution in [3.8, 4) is 0 Å². The van der Waals surface area contributed by atoms with E-state index in [0.717, 1.165) is 38.4 Å². The first-order valence-corrected chi connectivity index (χ1v) is 7.17. The molecule has 2 aliphatic rings. The molecular formula is C15H21N3O2. The lowest BCUT2D eigenvalue weighted by Gasteiger charge is -2.29. The highest BCUT2D eigenvalue weighted by molar-refractivity contribution is 5.78. The number of fused-ring (bicyclic) bond motifs is 3. The molecule has 1 aromatic heterocycles. The first-order valence-electron chi connectivity index (χ1n) is 7.17. The van der Waals surface area contributed by atoms with Crippen LogP contribution >= 0.6 is 0 Å². The van der Waals surface area contributed by atoms with Crippen LogP contribution in [0, 0.1) is 5.92 Å². The fraction of sp³-hybridized carbons (Fsp3) is 0.600. The van der Waals surface area contributed by atoms with E-state index in [-0.39, 0.29) is 5.91 Å². The van der Waals surface area contributed by atoms with Crippen LogP contribution in [-0.2, 0) is 16.0 Å². The molecule has 5 nitrogen and oxygen atoms in total. The SMILES string of the molecule is CN1C[C@H]2COC[C@@H]1CN(C(=O)Cc1ccncc1)C2. The van der Waals surface area contributed by atoms with Gasteiger partial charge in [0.25, 0.3) is 0 Å². The van der Waals surface area contributed by atoms with Gasteiger partial charge in [-0.1, -0.05) is 0 Å². The molecule has 20 heavy (non-hydrogen) atoms. The number of hydrogen-bond acceptors (Lipinski definition) is 4. The summed E-state index contributed by atoms with van der Waals surface area (Å²) in [5, 5.41) is 0. The summed E-state index contributed by atoms with van der Waals surface area (Å²) in [6.45, 7) is 4.09. The van der Waals surface area contributed by atoms with Crippen molar-refractivity contribution in [2.24, 2.45) is 5.92 Å². The molecule has 0 aliphatic carbocycles. The summed E-state index contributed by atoms with van der Waals surface area (Å²) in [4.78, 5) is 20.8. The van der Waals surface area contributed by atoms with Crippen molar-refractivity contribution < 1.29 is 9.53 Å². The van der Waals surface area contributed by atoms with Crippen molar-refractivity contribution in [3.05, 3.63) is 30.1 Å². The van der Waals surface area contributed by atoms with E-state index in [0.29, 0.717) is 18.4 Å². The van der Waals surface area contributed by atoms with Crippen LogP contribution in [0.15, 0.2) is 24.5 Å². The number of likely N-dealkylation sites (N-methyl/N-ethyl adjacent to an activating group) is 1. The van der Waals surface area contributed by atoms with E-state index >= 15 is 0 Å². The minimum absolute atomic E-state index is 0.211. The molecule has 5 heteroatoms. The van der Waals surface area contributed by atoms with E-state index in [2.05, 4.69) is 16.9 Å². The van der Waals surface area contributed by atoms with Crippen LogP contribution in [0.5, 0.6) is 0 Å². The number of rotatable bonds is 2. The molecule has 0 aromatic carbocycles. The van der Waals surface area contributed by atoms with E-state index < -0.39 is 0 Å². The lowest BCUT2D eigenvalue weighted by molar-refractivity contribution is -0.132. The second-order valence-electron chi connectivity index (χ2n) is 5.83. The molecule has 2 saturated heterocycles. The Kier molecular flexibility index (Phi) is 3.98. The van der Waals surface area contributed by atoms with E-state index in [1.165, 1.54) is 0 Å². The van der Waals surface area contributed by atoms with Crippen molar-refractivity contribution in [1.29, 1.82) is 0 Å². The van der Waals surface area contributed by atoms with Gasteiger partial charge in [-0.25, -0.2) is 0 Å². The number of ether oxygens (including phenoxy) is 1. The van der Waals surface area contributed by atoms with Crippen LogP contribution in [0.4, 0.5) is 0 Å². The summed E-state index contributed by atoms with van der Waals surface area (Å²) in [5.41, 5.74) is 1.03. The topological polar surface area (TPSA) is 45.7 Å². The Morgan fingerprint density at radius 3 is 2.90 bits per heavy atom. The third-order valence-corrected chi connectivity index (χ3v) is 4.20. The van der Waals surface area contributed by atoms with Crippen molar-refractivity contribution in [1.82, 2.24) is 14.8 Å². The second-order valence-corrected chi connectivity index (χ2v) is 5.83. The molecule has 0 unspecified atom stereocenters. The predicted molar refractivity (Wildman–Crippen MR) is 75.2 cm³/mol. The van der Waals surface area contributed by atoms with E-state index in [1.54, 1.807) is 12.4 Å². The van der Waals surface area contributed by atoms with E-state index in [4.69, 9.17) is 4.74 Å². The largest absolute Gasteiger partial charge is 0.379 e. The quantitative estimate of drug-likeness (QED) is 0.784. The number of pyridine rings is 1. The van der Waals surface area contributed by atoms with Crippen LogP contribution < -0.4 is 0 Å². The highest BCUT2D eigenvalue weighted by Gasteiger charge is 2.33. The fourth-order valence-electron chi connectivity index (χ4n) is 3.04. The van der Waals surface area contributed by atoms with Crippen molar-refractivity contribution in [2.45, 2.75) is 12.5 Å². The van der Waals surface area contributed by atoms with Crippen LogP contribution in [0.3, 0.4) is 0 Å². The molecule has 2 bridgehead atoms. The number of carbonyl (C=O) groups excluding carboxylic acids is 1. The van der Waals surface area contributed by atoms with Gasteiger partial charge in [0.1, 0.15) is 0 Å². The van der Waals surface area contributed by atoms with Gasteiger partial charge in [-0.15, -0.1) is 0 Å². The first kappa shape index (κ1) is 13.5. The Labute approximate surface area is 119 Å². The minimum Gasteiger partial charge on any atom is -0.379 e. The van der Waals surface area contributed by atoms with Gasteiger partial charge in [0.15, 0.2) is 0 Å². The van der Waals surface area contributed by atoms with Gasteiger partial charge in [-0.2, -0.15) is 0 Å². The minimum atomic E-state index is 0.211. The molecule has 1 amide bonds. The highest BCUT2D eigenvalue weighted by Crippen LogP contribution is 2.19. The molecule has 2 fully saturated rings. The highest BCUT2D eigenvalue weighted by atomic mass is 16.5. The number of amides is 1. The van der Waals surface area contributed by atoms with Gasteiger partial charge in [-0.05, 0) is 24.7 Å². The molecule has 3 rings (SSSR count). The molecule has 0 N–H and O–H groups in total. The molecule has 0 spiro atoms. The summed E-state index contributed by atoms with van der Waals surface area (Å²) >= 11 is 0. The zero-order chi connectivity index (χ0) is 13.9. The lowest BCUT2D eigenvalue weighted by atomic mass is 10.1. The molecule has 108 valence electrons. The maximum atomic E-state index is 12.5. The van der Waals surface area contributed by atoms with Crippen molar-refractivity contribution >= 4 is 5.91 Å². The van der Waals surface area contributed by atoms with Gasteiger partial charge in [0.2, 0.25) is 5.91 Å². The number of nitrogens with zero attached hydrogens (tertiary/aromatic N) is 3. The monoisotopic (exact) mass is 275 g/mol. The molecule has 0 radical (unpaired) electrons. The summed E-state index contributed by atoms with van der Waals surface area (Å²) < 4.78 is 5.69. The summed E-state index contributed by atoms with van der Waals surface area (Å²) in [7, 11) is 2.13. The van der Waals surface area contributed by atoms with Gasteiger partial charge >= 0.3 is 0 Å². The van der Waals surface area contributed by atoms with Crippen LogP contribution in [-0.4, -0.2) is 66.6 Å². The Morgan fingerprint density at radius 2 is 2.10 bits per heavy atom. The molecule has 2 aliphatic heterocycles. The van der Waals surface area contributed by atoms with E-state index in [1.807, 2.05) is 17.0 Å². The van der Waals surface area contributed by atoms with Crippen LogP contribution in [0.2, 0.25) is 0 Å². The standard InChI is InChI=1S/C15H21N3O2/c1-17-7-13-8-18(9-14(17)11-20-10-13)15(19)6-12-2-4-16-5-3-12/h2-5,13-14H,6-11H2,1H3/t13-,14+/m1/s1. The first-order chi connectivity index (χ1) is 9.72. The van der Waals surface area contributed by atoms with Gasteiger partial charge in [0, 0.05) is 37.9 Å². The maximum absolute atomic E-state index is 12.5. The second kappa shape index (κ2) is 5.89. The molecular weight excluding hydrogens is 254 g/mol. The van der Waals surface area contributed by atoms with E-state index in [9.17, 15) is 4.79 Å². The number of carbonyl (C=O) groups is 1. The third-order valence-electron chi connectivity index (χ3n) is 4.20. The zero-order valence-corrected chi connectivity index (χ0v) is 11.9. The maximum Gasteiger partial charge on any atom is 0.227 e. The molecule has 1 aromatic rings. The van der Waals surface area contributed by atoms with Crippen LogP contribution in [0.1, 0.15) is 5.56 Å². The van der Waals surface area contributed by atoms with Crippen molar-refractivity contribution in [3.63, 3.8) is 0 Å². The third kappa shape index (κ3) is 2.99. The average Bonchev–Trinajstić information content (AvgIpc) is 2.68. The summed E-state index contributed by atoms with van der Waals surface area (Å²) in [6, 6.07) is 4.14.